The van der Waals surface area contributed by atoms with E-state index in [1.165, 1.54) is 23.5 Å². The quantitative estimate of drug-likeness (QED) is 0.831. The number of rotatable bonds is 2. The molecular weight excluding hydrogens is 389 g/mol. The number of nitrogens with one attached hydrogen (secondary N) is 1. The van der Waals surface area contributed by atoms with Gasteiger partial charge in [0.05, 0.1) is 33.6 Å². The van der Waals surface area contributed by atoms with Gasteiger partial charge in [-0.1, -0.05) is 46.7 Å². The Morgan fingerprint density at radius 3 is 2.92 bits per heavy atom. The van der Waals surface area contributed by atoms with E-state index in [0.29, 0.717) is 36.3 Å². The second-order valence-corrected chi connectivity index (χ2v) is 7.76. The van der Waals surface area contributed by atoms with E-state index in [0.717, 1.165) is 5.56 Å². The van der Waals surface area contributed by atoms with E-state index >= 15 is 0 Å². The van der Waals surface area contributed by atoms with Crippen LogP contribution in [0.25, 0.3) is 0 Å². The largest absolute Gasteiger partial charge is 0.280 e. The van der Waals surface area contributed by atoms with Gasteiger partial charge in [-0.05, 0) is 17.7 Å². The van der Waals surface area contributed by atoms with Crippen LogP contribution in [0.3, 0.4) is 0 Å². The van der Waals surface area contributed by atoms with E-state index in [2.05, 4.69) is 21.4 Å². The number of anilines is 1. The Hall–Kier alpha value is -1.66. The highest BCUT2D eigenvalue weighted by atomic mass is 35.5. The molecule has 1 aliphatic heterocycles. The lowest BCUT2D eigenvalue weighted by Gasteiger charge is -2.22. The molecule has 0 radical (unpaired) electrons. The summed E-state index contributed by atoms with van der Waals surface area (Å²) < 4.78 is 0.691. The first-order chi connectivity index (χ1) is 11.5. The molecule has 1 aliphatic rings. The molecule has 0 fully saturated rings. The Balaban J connectivity index is 1.82. The van der Waals surface area contributed by atoms with Crippen LogP contribution in [0.15, 0.2) is 33.1 Å². The monoisotopic (exact) mass is 397 g/mol. The van der Waals surface area contributed by atoms with E-state index in [4.69, 9.17) is 23.2 Å². The molecule has 6 nitrogen and oxygen atoms in total. The molecule has 1 N–H and O–H groups in total. The summed E-state index contributed by atoms with van der Waals surface area (Å²) in [6.45, 7) is 0. The number of benzene rings is 1. The molecule has 24 heavy (non-hydrogen) atoms. The van der Waals surface area contributed by atoms with E-state index < -0.39 is 0 Å². The number of fused-ring (bicyclic) bond motifs is 1. The lowest BCUT2D eigenvalue weighted by atomic mass is 10.1. The van der Waals surface area contributed by atoms with Gasteiger partial charge in [0.25, 0.3) is 5.56 Å². The summed E-state index contributed by atoms with van der Waals surface area (Å²) in [6.07, 6.45) is 1.56. The summed E-state index contributed by atoms with van der Waals surface area (Å²) in [5, 5.41) is 22.2. The van der Waals surface area contributed by atoms with Gasteiger partial charge in [-0.2, -0.15) is 15.5 Å². The van der Waals surface area contributed by atoms with Crippen molar-refractivity contribution in [2.24, 2.45) is 5.10 Å². The van der Waals surface area contributed by atoms with Crippen LogP contribution in [-0.4, -0.2) is 21.6 Å². The normalized spacial score (nSPS) is 13.2. The zero-order valence-electron chi connectivity index (χ0n) is 12.2. The third-order valence-electron chi connectivity index (χ3n) is 3.18. The van der Waals surface area contributed by atoms with Crippen LogP contribution >= 0.6 is 46.7 Å². The van der Waals surface area contributed by atoms with Gasteiger partial charge in [0.1, 0.15) is 4.90 Å². The van der Waals surface area contributed by atoms with Crippen molar-refractivity contribution in [3.05, 3.63) is 49.9 Å². The fourth-order valence-corrected chi connectivity index (χ4v) is 4.48. The molecule has 0 saturated heterocycles. The summed E-state index contributed by atoms with van der Waals surface area (Å²) in [5.41, 5.74) is 1.62. The van der Waals surface area contributed by atoms with Gasteiger partial charge in [-0.25, -0.2) is 5.10 Å². The maximum atomic E-state index is 11.9. The van der Waals surface area contributed by atoms with Gasteiger partial charge < -0.3 is 0 Å². The number of halogens is 2. The van der Waals surface area contributed by atoms with Crippen molar-refractivity contribution in [2.75, 3.05) is 12.1 Å². The first-order valence-corrected chi connectivity index (χ1v) is 9.14. The van der Waals surface area contributed by atoms with Crippen LogP contribution < -0.4 is 10.6 Å². The highest BCUT2D eigenvalue weighted by Crippen LogP contribution is 2.37. The van der Waals surface area contributed by atoms with Crippen molar-refractivity contribution in [3.63, 3.8) is 0 Å². The standard InChI is InChI=1S/C14H9Cl2N5OS2/c1-21-11-5-18-19-13(22)12(11)24-14(20-21)23-6-8-3-10(16)9(15)2-7(8)4-17/h2-3,5H,6H2,1H3,(H,19,22). The zero-order valence-corrected chi connectivity index (χ0v) is 15.4. The maximum Gasteiger partial charge on any atom is 0.280 e. The van der Waals surface area contributed by atoms with Crippen molar-refractivity contribution in [3.8, 4) is 6.07 Å². The number of H-pyrrole nitrogens is 1. The van der Waals surface area contributed by atoms with Crippen molar-refractivity contribution >= 4 is 56.8 Å². The molecule has 122 valence electrons. The molecule has 3 rings (SSSR count). The highest BCUT2D eigenvalue weighted by Gasteiger charge is 2.21. The summed E-state index contributed by atoms with van der Waals surface area (Å²) in [4.78, 5) is 12.4. The molecule has 0 bridgehead atoms. The minimum atomic E-state index is -0.260. The van der Waals surface area contributed by atoms with Crippen molar-refractivity contribution in [2.45, 2.75) is 10.6 Å². The predicted octanol–water partition coefficient (Wildman–Crippen LogP) is 3.69. The first kappa shape index (κ1) is 17.2. The third-order valence-corrected chi connectivity index (χ3v) is 6.14. The molecule has 1 aromatic heterocycles. The van der Waals surface area contributed by atoms with Crippen molar-refractivity contribution in [1.29, 1.82) is 5.26 Å². The predicted molar refractivity (Wildman–Crippen MR) is 99.0 cm³/mol. The maximum absolute atomic E-state index is 11.9. The number of hydrazone groups is 1. The van der Waals surface area contributed by atoms with Gasteiger partial charge in [-0.3, -0.25) is 9.80 Å². The van der Waals surface area contributed by atoms with Gasteiger partial charge >= 0.3 is 0 Å². The molecule has 0 unspecified atom stereocenters. The molecule has 1 aromatic carbocycles. The lowest BCUT2D eigenvalue weighted by Crippen LogP contribution is -2.22. The van der Waals surface area contributed by atoms with Crippen molar-refractivity contribution in [1.82, 2.24) is 10.2 Å². The third kappa shape index (κ3) is 3.39. The fourth-order valence-electron chi connectivity index (χ4n) is 2.00. The minimum absolute atomic E-state index is 0.260. The average Bonchev–Trinajstić information content (AvgIpc) is 2.56. The fraction of sp³-hybridized carbons (Fsp3) is 0.143. The number of aromatic amines is 1. The second-order valence-electron chi connectivity index (χ2n) is 4.73. The Labute approximate surface area is 155 Å². The number of aromatic nitrogens is 2. The molecule has 10 heteroatoms. The molecule has 2 heterocycles. The first-order valence-electron chi connectivity index (χ1n) is 6.58. The van der Waals surface area contributed by atoms with Crippen LogP contribution in [0.1, 0.15) is 11.1 Å². The van der Waals surface area contributed by atoms with E-state index in [1.807, 2.05) is 0 Å². The highest BCUT2D eigenvalue weighted by molar-refractivity contribution is 8.38. The summed E-state index contributed by atoms with van der Waals surface area (Å²) in [6, 6.07) is 5.34. The summed E-state index contributed by atoms with van der Waals surface area (Å²) in [7, 11) is 1.75. The van der Waals surface area contributed by atoms with Crippen LogP contribution in [-0.2, 0) is 5.75 Å². The van der Waals surface area contributed by atoms with Crippen molar-refractivity contribution < 1.29 is 0 Å². The number of nitriles is 1. The average molecular weight is 398 g/mol. The number of hydrogen-bond donors (Lipinski definition) is 1. The number of nitrogens with zero attached hydrogens (tertiary/aromatic N) is 4. The van der Waals surface area contributed by atoms with E-state index in [1.54, 1.807) is 30.4 Å². The lowest BCUT2D eigenvalue weighted by molar-refractivity contribution is 0.899. The Morgan fingerprint density at radius 2 is 2.17 bits per heavy atom. The molecular formula is C14H9Cl2N5OS2. The number of thioether (sulfide) groups is 2. The summed E-state index contributed by atoms with van der Waals surface area (Å²) >= 11 is 14.7. The molecule has 2 aromatic rings. The molecule has 0 saturated carbocycles. The van der Waals surface area contributed by atoms with Crippen LogP contribution in [0, 0.1) is 11.3 Å². The van der Waals surface area contributed by atoms with Gasteiger partial charge in [0, 0.05) is 12.8 Å². The molecule has 0 amide bonds. The smallest absolute Gasteiger partial charge is 0.267 e. The zero-order chi connectivity index (χ0) is 17.3. The molecule has 0 atom stereocenters. The van der Waals surface area contributed by atoms with Gasteiger partial charge in [0.2, 0.25) is 0 Å². The van der Waals surface area contributed by atoms with E-state index in [-0.39, 0.29) is 5.56 Å². The van der Waals surface area contributed by atoms with Crippen LogP contribution in [0.5, 0.6) is 0 Å². The Morgan fingerprint density at radius 1 is 1.42 bits per heavy atom. The number of hydrogen-bond acceptors (Lipinski definition) is 7. The SMILES string of the molecule is CN1N=C(SCc2cc(Cl)c(Cl)cc2C#N)Sc2c1cn[nH]c2=O. The second kappa shape index (κ2) is 7.07. The van der Waals surface area contributed by atoms with Crippen LogP contribution in [0.4, 0.5) is 5.69 Å². The Kier molecular flexibility index (Phi) is 5.06. The Bertz CT molecular complexity index is 938. The van der Waals surface area contributed by atoms with Crippen LogP contribution in [0.2, 0.25) is 10.0 Å². The topological polar surface area (TPSA) is 85.1 Å². The molecule has 0 aliphatic carbocycles. The van der Waals surface area contributed by atoms with E-state index in [9.17, 15) is 10.1 Å². The molecule has 0 spiro atoms. The van der Waals surface area contributed by atoms with Gasteiger partial charge in [-0.15, -0.1) is 0 Å². The van der Waals surface area contributed by atoms with Gasteiger partial charge in [0.15, 0.2) is 4.38 Å². The summed E-state index contributed by atoms with van der Waals surface area (Å²) in [5.74, 6) is 0.484. The minimum Gasteiger partial charge on any atom is -0.267 e.